The lowest BCUT2D eigenvalue weighted by molar-refractivity contribution is 0.789. The van der Waals surface area contributed by atoms with Crippen molar-refractivity contribution in [2.45, 2.75) is 19.4 Å². The van der Waals surface area contributed by atoms with E-state index in [0.29, 0.717) is 6.04 Å². The first kappa shape index (κ1) is 10.5. The van der Waals surface area contributed by atoms with Crippen LogP contribution in [0.3, 0.4) is 0 Å². The van der Waals surface area contributed by atoms with Gasteiger partial charge >= 0.3 is 0 Å². The minimum atomic E-state index is 0.518. The fourth-order valence-electron chi connectivity index (χ4n) is 2.29. The van der Waals surface area contributed by atoms with Crippen LogP contribution in [0.1, 0.15) is 12.0 Å². The summed E-state index contributed by atoms with van der Waals surface area (Å²) in [5.74, 6) is 0.983. The predicted octanol–water partition coefficient (Wildman–Crippen LogP) is 2.32. The number of nitrogens with one attached hydrogen (secondary N) is 2. The number of hydrogen-bond acceptors (Lipinski definition) is 3. The summed E-state index contributed by atoms with van der Waals surface area (Å²) in [6, 6.07) is 11.1. The van der Waals surface area contributed by atoms with Gasteiger partial charge in [0.25, 0.3) is 0 Å². The van der Waals surface area contributed by atoms with Crippen molar-refractivity contribution in [2.75, 3.05) is 18.4 Å². The van der Waals surface area contributed by atoms with Gasteiger partial charge in [0.05, 0.1) is 5.52 Å². The molecule has 3 nitrogen and oxygen atoms in total. The maximum atomic E-state index is 4.66. The molecule has 2 N–H and O–H groups in total. The smallest absolute Gasteiger partial charge is 0.126 e. The Labute approximate surface area is 101 Å². The predicted molar refractivity (Wildman–Crippen MR) is 71.4 cm³/mol. The molecule has 3 rings (SSSR count). The molecule has 88 valence electrons. The number of aryl methyl sites for hydroxylation is 1. The molecule has 1 unspecified atom stereocenters. The number of fused-ring (bicyclic) bond motifs is 1. The van der Waals surface area contributed by atoms with Gasteiger partial charge in [-0.2, -0.15) is 0 Å². The fourth-order valence-corrected chi connectivity index (χ4v) is 2.29. The van der Waals surface area contributed by atoms with Crippen LogP contribution in [0.4, 0.5) is 5.82 Å². The van der Waals surface area contributed by atoms with Crippen LogP contribution in [0.5, 0.6) is 0 Å². The summed E-state index contributed by atoms with van der Waals surface area (Å²) in [4.78, 5) is 4.66. The zero-order valence-electron chi connectivity index (χ0n) is 10.0. The van der Waals surface area contributed by atoms with Gasteiger partial charge in [-0.3, -0.25) is 0 Å². The first-order valence-electron chi connectivity index (χ1n) is 6.16. The molecule has 1 aromatic carbocycles. The molecule has 0 saturated carbocycles. The van der Waals surface area contributed by atoms with E-state index in [1.807, 2.05) is 0 Å². The molecule has 0 aliphatic carbocycles. The van der Waals surface area contributed by atoms with E-state index in [0.717, 1.165) is 24.4 Å². The molecule has 1 saturated heterocycles. The van der Waals surface area contributed by atoms with Crippen molar-refractivity contribution in [3.8, 4) is 0 Å². The Morgan fingerprint density at radius 3 is 3.00 bits per heavy atom. The number of aromatic nitrogens is 1. The van der Waals surface area contributed by atoms with Gasteiger partial charge in [-0.15, -0.1) is 0 Å². The quantitative estimate of drug-likeness (QED) is 0.826. The highest BCUT2D eigenvalue weighted by atomic mass is 15.1. The van der Waals surface area contributed by atoms with Crippen molar-refractivity contribution < 1.29 is 0 Å². The van der Waals surface area contributed by atoms with E-state index in [1.165, 1.54) is 17.4 Å². The summed E-state index contributed by atoms with van der Waals surface area (Å²) in [7, 11) is 0. The highest BCUT2D eigenvalue weighted by Crippen LogP contribution is 2.17. The second kappa shape index (κ2) is 4.34. The van der Waals surface area contributed by atoms with Gasteiger partial charge in [0.1, 0.15) is 5.82 Å². The largest absolute Gasteiger partial charge is 0.366 e. The Balaban J connectivity index is 1.89. The van der Waals surface area contributed by atoms with Crippen molar-refractivity contribution in [1.29, 1.82) is 0 Å². The number of benzene rings is 1. The van der Waals surface area contributed by atoms with Crippen LogP contribution in [-0.2, 0) is 0 Å². The van der Waals surface area contributed by atoms with Gasteiger partial charge in [-0.1, -0.05) is 12.1 Å². The summed E-state index contributed by atoms with van der Waals surface area (Å²) in [6.07, 6.45) is 1.17. The first-order chi connectivity index (χ1) is 8.31. The zero-order chi connectivity index (χ0) is 11.7. The third kappa shape index (κ3) is 2.24. The lowest BCUT2D eigenvalue weighted by Gasteiger charge is -2.12. The van der Waals surface area contributed by atoms with Crippen molar-refractivity contribution in [2.24, 2.45) is 0 Å². The molecule has 3 heteroatoms. The summed E-state index contributed by atoms with van der Waals surface area (Å²) in [5.41, 5.74) is 2.32. The number of pyridine rings is 1. The molecule has 1 aliphatic rings. The molecule has 2 heterocycles. The third-order valence-corrected chi connectivity index (χ3v) is 3.26. The second-order valence-corrected chi connectivity index (χ2v) is 4.73. The molecule has 0 radical (unpaired) electrons. The first-order valence-corrected chi connectivity index (χ1v) is 6.16. The normalized spacial score (nSPS) is 19.7. The molecular weight excluding hydrogens is 210 g/mol. The fraction of sp³-hybridized carbons (Fsp3) is 0.357. The molecule has 1 aromatic heterocycles. The molecule has 2 aromatic rings. The van der Waals surface area contributed by atoms with Crippen LogP contribution in [-0.4, -0.2) is 24.1 Å². The van der Waals surface area contributed by atoms with E-state index < -0.39 is 0 Å². The van der Waals surface area contributed by atoms with Crippen molar-refractivity contribution in [1.82, 2.24) is 10.3 Å². The topological polar surface area (TPSA) is 37.0 Å². The maximum Gasteiger partial charge on any atom is 0.126 e. The third-order valence-electron chi connectivity index (χ3n) is 3.26. The highest BCUT2D eigenvalue weighted by molar-refractivity contribution is 5.80. The molecule has 17 heavy (non-hydrogen) atoms. The second-order valence-electron chi connectivity index (χ2n) is 4.73. The van der Waals surface area contributed by atoms with Crippen molar-refractivity contribution in [3.63, 3.8) is 0 Å². The minimum Gasteiger partial charge on any atom is -0.366 e. The Morgan fingerprint density at radius 1 is 1.29 bits per heavy atom. The number of anilines is 1. The van der Waals surface area contributed by atoms with Crippen LogP contribution in [0.2, 0.25) is 0 Å². The standard InChI is InChI=1S/C14H17N3/c1-10-2-3-11-4-5-14(17-13(11)8-10)16-12-6-7-15-9-12/h2-5,8,12,15H,6-7,9H2,1H3,(H,16,17). The molecule has 1 atom stereocenters. The summed E-state index contributed by atoms with van der Waals surface area (Å²) < 4.78 is 0. The number of rotatable bonds is 2. The van der Waals surface area contributed by atoms with Gasteiger partial charge in [-0.25, -0.2) is 4.98 Å². The highest BCUT2D eigenvalue weighted by Gasteiger charge is 2.14. The Morgan fingerprint density at radius 2 is 2.18 bits per heavy atom. The van der Waals surface area contributed by atoms with Gasteiger partial charge in [0.2, 0.25) is 0 Å². The summed E-state index contributed by atoms with van der Waals surface area (Å²) >= 11 is 0. The van der Waals surface area contributed by atoms with E-state index >= 15 is 0 Å². The maximum absolute atomic E-state index is 4.66. The molecule has 1 aliphatic heterocycles. The summed E-state index contributed by atoms with van der Waals surface area (Å²) in [6.45, 7) is 4.24. The van der Waals surface area contributed by atoms with Crippen LogP contribution < -0.4 is 10.6 Å². The van der Waals surface area contributed by atoms with Gasteiger partial charge in [0, 0.05) is 18.0 Å². The number of nitrogens with zero attached hydrogens (tertiary/aromatic N) is 1. The average Bonchev–Trinajstić information content (AvgIpc) is 2.81. The van der Waals surface area contributed by atoms with Crippen LogP contribution in [0.15, 0.2) is 30.3 Å². The molecule has 0 bridgehead atoms. The average molecular weight is 227 g/mol. The van der Waals surface area contributed by atoms with E-state index in [2.05, 4.69) is 52.9 Å². The van der Waals surface area contributed by atoms with E-state index in [1.54, 1.807) is 0 Å². The van der Waals surface area contributed by atoms with Crippen LogP contribution >= 0.6 is 0 Å². The molecule has 0 spiro atoms. The van der Waals surface area contributed by atoms with E-state index in [9.17, 15) is 0 Å². The van der Waals surface area contributed by atoms with Crippen molar-refractivity contribution >= 4 is 16.7 Å². The Kier molecular flexibility index (Phi) is 2.69. The van der Waals surface area contributed by atoms with Gasteiger partial charge in [0.15, 0.2) is 0 Å². The Hall–Kier alpha value is -1.61. The lowest BCUT2D eigenvalue weighted by Crippen LogP contribution is -2.22. The van der Waals surface area contributed by atoms with E-state index in [4.69, 9.17) is 0 Å². The van der Waals surface area contributed by atoms with Gasteiger partial charge in [-0.05, 0) is 43.7 Å². The lowest BCUT2D eigenvalue weighted by atomic mass is 10.1. The zero-order valence-corrected chi connectivity index (χ0v) is 10.0. The monoisotopic (exact) mass is 227 g/mol. The van der Waals surface area contributed by atoms with Gasteiger partial charge < -0.3 is 10.6 Å². The number of hydrogen-bond donors (Lipinski definition) is 2. The SMILES string of the molecule is Cc1ccc2ccc(NC3CCNC3)nc2c1. The van der Waals surface area contributed by atoms with E-state index in [-0.39, 0.29) is 0 Å². The minimum absolute atomic E-state index is 0.518. The van der Waals surface area contributed by atoms with Crippen LogP contribution in [0.25, 0.3) is 10.9 Å². The molecule has 0 amide bonds. The summed E-state index contributed by atoms with van der Waals surface area (Å²) in [5, 5.41) is 8.03. The Bertz CT molecular complexity index is 530. The molecule has 1 fully saturated rings. The molecular formula is C14H17N3. The van der Waals surface area contributed by atoms with Crippen LogP contribution in [0, 0.1) is 6.92 Å². The van der Waals surface area contributed by atoms with Crippen molar-refractivity contribution in [3.05, 3.63) is 35.9 Å².